The highest BCUT2D eigenvalue weighted by atomic mass is 127. The van der Waals surface area contributed by atoms with Crippen LogP contribution in [0.1, 0.15) is 6.92 Å². The van der Waals surface area contributed by atoms with Gasteiger partial charge in [0.25, 0.3) is 0 Å². The van der Waals surface area contributed by atoms with E-state index in [1.807, 2.05) is 13.1 Å². The molecule has 0 saturated heterocycles. The molecule has 0 aliphatic rings. The number of hydrogen-bond acceptors (Lipinski definition) is 3. The van der Waals surface area contributed by atoms with E-state index >= 15 is 0 Å². The van der Waals surface area contributed by atoms with Crippen LogP contribution in [0.25, 0.3) is 0 Å². The lowest BCUT2D eigenvalue weighted by atomic mass is 10.2. The molecule has 1 rings (SSSR count). The molecule has 13 heavy (non-hydrogen) atoms. The number of carbonyl (C=O) groups is 1. The maximum atomic E-state index is 11.1. The third-order valence-corrected chi connectivity index (χ3v) is 2.22. The summed E-state index contributed by atoms with van der Waals surface area (Å²) in [4.78, 5) is 11.1. The van der Waals surface area contributed by atoms with Gasteiger partial charge < -0.3 is 4.74 Å². The van der Waals surface area contributed by atoms with Crippen molar-refractivity contribution in [3.8, 4) is 0 Å². The molecule has 4 nitrogen and oxygen atoms in total. The molecule has 0 aromatic carbocycles. The van der Waals surface area contributed by atoms with Gasteiger partial charge in [0.2, 0.25) is 0 Å². The van der Waals surface area contributed by atoms with Gasteiger partial charge >= 0.3 is 5.97 Å². The standard InChI is InChI=1S/C8H11IN2O2/c1-6(8(12)13-2)4-11-5-7(9)3-10-11/h3,5-6H,4H2,1-2H3/t6-/m1/s1. The Morgan fingerprint density at radius 1 is 1.85 bits per heavy atom. The monoisotopic (exact) mass is 294 g/mol. The molecule has 0 amide bonds. The number of rotatable bonds is 3. The fraction of sp³-hybridized carbons (Fsp3) is 0.500. The van der Waals surface area contributed by atoms with Gasteiger partial charge in [0, 0.05) is 6.20 Å². The summed E-state index contributed by atoms with van der Waals surface area (Å²) in [6.45, 7) is 2.38. The minimum atomic E-state index is -0.203. The smallest absolute Gasteiger partial charge is 0.310 e. The van der Waals surface area contributed by atoms with Crippen LogP contribution in [-0.4, -0.2) is 22.9 Å². The summed E-state index contributed by atoms with van der Waals surface area (Å²) in [6.07, 6.45) is 3.64. The highest BCUT2D eigenvalue weighted by Crippen LogP contribution is 2.05. The van der Waals surface area contributed by atoms with E-state index in [9.17, 15) is 4.79 Å². The molecule has 0 bridgehead atoms. The van der Waals surface area contributed by atoms with Crippen molar-refractivity contribution in [3.05, 3.63) is 16.0 Å². The minimum Gasteiger partial charge on any atom is -0.469 e. The van der Waals surface area contributed by atoms with Crippen molar-refractivity contribution in [2.24, 2.45) is 5.92 Å². The number of halogens is 1. The van der Waals surface area contributed by atoms with Crippen LogP contribution in [-0.2, 0) is 16.1 Å². The van der Waals surface area contributed by atoms with Crippen molar-refractivity contribution in [2.75, 3.05) is 7.11 Å². The van der Waals surface area contributed by atoms with Gasteiger partial charge in [-0.15, -0.1) is 0 Å². The molecule has 5 heteroatoms. The first-order valence-corrected chi connectivity index (χ1v) is 4.97. The molecule has 0 radical (unpaired) electrons. The molecule has 0 saturated carbocycles. The van der Waals surface area contributed by atoms with Crippen LogP contribution in [0.3, 0.4) is 0 Å². The first-order chi connectivity index (χ1) is 6.13. The number of carbonyl (C=O) groups excluding carboxylic acids is 1. The Balaban J connectivity index is 2.54. The summed E-state index contributed by atoms with van der Waals surface area (Å²) in [5, 5.41) is 4.07. The number of methoxy groups -OCH3 is 1. The Bertz CT molecular complexity index is 298. The maximum Gasteiger partial charge on any atom is 0.310 e. The van der Waals surface area contributed by atoms with Crippen LogP contribution in [0.15, 0.2) is 12.4 Å². The highest BCUT2D eigenvalue weighted by molar-refractivity contribution is 14.1. The molecule has 72 valence electrons. The second-order valence-electron chi connectivity index (χ2n) is 2.80. The molecule has 0 aliphatic heterocycles. The average molecular weight is 294 g/mol. The van der Waals surface area contributed by atoms with Gasteiger partial charge in [0.05, 0.1) is 29.3 Å². The van der Waals surface area contributed by atoms with Gasteiger partial charge in [0.1, 0.15) is 0 Å². The molecule has 0 aliphatic carbocycles. The summed E-state index contributed by atoms with van der Waals surface area (Å²) in [5.74, 6) is -0.355. The van der Waals surface area contributed by atoms with Gasteiger partial charge in [0.15, 0.2) is 0 Å². The van der Waals surface area contributed by atoms with Crippen molar-refractivity contribution < 1.29 is 9.53 Å². The van der Waals surface area contributed by atoms with E-state index < -0.39 is 0 Å². The number of esters is 1. The van der Waals surface area contributed by atoms with E-state index in [-0.39, 0.29) is 11.9 Å². The van der Waals surface area contributed by atoms with Crippen molar-refractivity contribution in [1.82, 2.24) is 9.78 Å². The van der Waals surface area contributed by atoms with E-state index in [0.717, 1.165) is 3.57 Å². The zero-order valence-electron chi connectivity index (χ0n) is 7.53. The van der Waals surface area contributed by atoms with Crippen LogP contribution in [0, 0.1) is 9.49 Å². The van der Waals surface area contributed by atoms with Gasteiger partial charge in [-0.05, 0) is 22.6 Å². The van der Waals surface area contributed by atoms with E-state index in [1.165, 1.54) is 7.11 Å². The average Bonchev–Trinajstić information content (AvgIpc) is 2.49. The first-order valence-electron chi connectivity index (χ1n) is 3.89. The summed E-state index contributed by atoms with van der Waals surface area (Å²) in [7, 11) is 1.39. The lowest BCUT2D eigenvalue weighted by Crippen LogP contribution is -2.18. The topological polar surface area (TPSA) is 44.1 Å². The summed E-state index contributed by atoms with van der Waals surface area (Å²) >= 11 is 2.17. The van der Waals surface area contributed by atoms with Gasteiger partial charge in [-0.25, -0.2) is 0 Å². The van der Waals surface area contributed by atoms with Crippen molar-refractivity contribution in [3.63, 3.8) is 0 Å². The second-order valence-corrected chi connectivity index (χ2v) is 4.05. The van der Waals surface area contributed by atoms with Gasteiger partial charge in [-0.2, -0.15) is 5.10 Å². The summed E-state index contributed by atoms with van der Waals surface area (Å²) in [6, 6.07) is 0. The molecule has 1 heterocycles. The Labute approximate surface area is 90.4 Å². The molecule has 0 fully saturated rings. The number of hydrogen-bond donors (Lipinski definition) is 0. The van der Waals surface area contributed by atoms with Gasteiger partial charge in [-0.3, -0.25) is 9.48 Å². The summed E-state index contributed by atoms with van der Waals surface area (Å²) < 4.78 is 7.41. The molecule has 0 unspecified atom stereocenters. The number of aromatic nitrogens is 2. The molecular formula is C8H11IN2O2. The van der Waals surface area contributed by atoms with Crippen LogP contribution < -0.4 is 0 Å². The van der Waals surface area contributed by atoms with E-state index in [1.54, 1.807) is 10.9 Å². The lowest BCUT2D eigenvalue weighted by Gasteiger charge is -2.08. The fourth-order valence-electron chi connectivity index (χ4n) is 0.994. The number of ether oxygens (including phenoxy) is 1. The van der Waals surface area contributed by atoms with Crippen LogP contribution in [0.2, 0.25) is 0 Å². The first kappa shape index (κ1) is 10.5. The summed E-state index contributed by atoms with van der Waals surface area (Å²) in [5.41, 5.74) is 0. The van der Waals surface area contributed by atoms with Crippen LogP contribution in [0.5, 0.6) is 0 Å². The normalized spacial score (nSPS) is 12.5. The Morgan fingerprint density at radius 2 is 2.54 bits per heavy atom. The quantitative estimate of drug-likeness (QED) is 0.623. The SMILES string of the molecule is COC(=O)[C@H](C)Cn1cc(I)cn1. The third-order valence-electron chi connectivity index (χ3n) is 1.67. The largest absolute Gasteiger partial charge is 0.469 e. The molecule has 1 aromatic heterocycles. The molecule has 1 atom stereocenters. The minimum absolute atomic E-state index is 0.152. The van der Waals surface area contributed by atoms with E-state index in [2.05, 4.69) is 32.4 Å². The third kappa shape index (κ3) is 2.98. The number of nitrogens with zero attached hydrogens (tertiary/aromatic N) is 2. The maximum absolute atomic E-state index is 11.1. The molecular weight excluding hydrogens is 283 g/mol. The second kappa shape index (κ2) is 4.59. The van der Waals surface area contributed by atoms with E-state index in [0.29, 0.717) is 6.54 Å². The predicted octanol–water partition coefficient (Wildman–Crippen LogP) is 1.30. The Hall–Kier alpha value is -0.590. The van der Waals surface area contributed by atoms with Crippen LogP contribution in [0.4, 0.5) is 0 Å². The van der Waals surface area contributed by atoms with Crippen molar-refractivity contribution in [2.45, 2.75) is 13.5 Å². The lowest BCUT2D eigenvalue weighted by molar-refractivity contribution is -0.145. The van der Waals surface area contributed by atoms with Crippen molar-refractivity contribution >= 4 is 28.6 Å². The van der Waals surface area contributed by atoms with Crippen molar-refractivity contribution in [1.29, 1.82) is 0 Å². The Kier molecular flexibility index (Phi) is 3.71. The predicted molar refractivity (Wildman–Crippen MR) is 56.1 cm³/mol. The van der Waals surface area contributed by atoms with Crippen LogP contribution >= 0.6 is 22.6 Å². The zero-order valence-corrected chi connectivity index (χ0v) is 9.69. The Morgan fingerprint density at radius 3 is 3.00 bits per heavy atom. The molecule has 0 spiro atoms. The van der Waals surface area contributed by atoms with Gasteiger partial charge in [-0.1, -0.05) is 6.92 Å². The molecule has 0 N–H and O–H groups in total. The fourth-order valence-corrected chi connectivity index (χ4v) is 1.44. The van der Waals surface area contributed by atoms with E-state index in [4.69, 9.17) is 0 Å². The highest BCUT2D eigenvalue weighted by Gasteiger charge is 2.13. The zero-order chi connectivity index (χ0) is 9.84. The molecule has 1 aromatic rings.